The fourth-order valence-electron chi connectivity index (χ4n) is 10.3. The van der Waals surface area contributed by atoms with Gasteiger partial charge in [-0.2, -0.15) is 0 Å². The predicted octanol–water partition coefficient (Wildman–Crippen LogP) is 3.85. The van der Waals surface area contributed by atoms with Crippen molar-refractivity contribution in [2.75, 3.05) is 27.4 Å². The molecule has 7 rings (SSSR count). The average Bonchev–Trinajstić information content (AvgIpc) is 3.64. The van der Waals surface area contributed by atoms with E-state index in [1.165, 1.54) is 14.2 Å². The largest absolute Gasteiger partial charge is 0.469 e. The number of aliphatic hydroxyl groups is 1. The van der Waals surface area contributed by atoms with Crippen molar-refractivity contribution in [1.82, 2.24) is 0 Å². The number of ether oxygens (including phenoxy) is 6. The van der Waals surface area contributed by atoms with Gasteiger partial charge in [0.1, 0.15) is 11.7 Å². The van der Waals surface area contributed by atoms with Crippen LogP contribution >= 0.6 is 0 Å². The van der Waals surface area contributed by atoms with Gasteiger partial charge in [0.2, 0.25) is 5.79 Å². The van der Waals surface area contributed by atoms with E-state index in [9.17, 15) is 19.5 Å². The SMILES string of the molecule is C/C=C/CCCCC[C@@H]1[C@H]2C[C@H](C3(CC/C=C/C)OCCO3)O[C@]34OC(=O)[C@@H]5C[C@](C(=O)OC)([C@H](C(=O)OC)[C@@H]23)[C@H]1[C@@]54O. The molecule has 43 heavy (non-hydrogen) atoms. The minimum absolute atomic E-state index is 0.0460. The number of hydrogen-bond acceptors (Lipinski definition) is 10. The standard InChI is InChI=1S/C33H46O10/c1-5-7-9-10-11-12-14-20-21-18-23(31(15-13-8-6-2)40-16-17-41-31)42-33-24(21)25(28(35)38-3)30(29(36)39-4)19-22(27(34)43-33)32(33,37)26(20)30/h5-8,20-26,37H,9-19H2,1-4H3/b7-5+,8-6+/t20-,21-,22+,23-,24-,25+,26+,30+,32+,33+/m1/s1. The fourth-order valence-corrected chi connectivity index (χ4v) is 10.3. The first-order valence-electron chi connectivity index (χ1n) is 16.0. The lowest BCUT2D eigenvalue weighted by Crippen LogP contribution is -2.82. The Morgan fingerprint density at radius 1 is 1.02 bits per heavy atom. The van der Waals surface area contributed by atoms with Gasteiger partial charge in [-0.3, -0.25) is 14.4 Å². The maximum Gasteiger partial charge on any atom is 0.314 e. The number of esters is 3. The van der Waals surface area contributed by atoms with Gasteiger partial charge in [-0.15, -0.1) is 0 Å². The van der Waals surface area contributed by atoms with Crippen LogP contribution in [0.4, 0.5) is 0 Å². The van der Waals surface area contributed by atoms with E-state index >= 15 is 0 Å². The maximum atomic E-state index is 13.9. The summed E-state index contributed by atoms with van der Waals surface area (Å²) >= 11 is 0. The smallest absolute Gasteiger partial charge is 0.314 e. The molecule has 0 amide bonds. The highest BCUT2D eigenvalue weighted by Gasteiger charge is 2.94. The Bertz CT molecular complexity index is 1170. The number of allylic oxidation sites excluding steroid dienone is 4. The van der Waals surface area contributed by atoms with Crippen molar-refractivity contribution in [3.8, 4) is 0 Å². The molecule has 0 radical (unpaired) electrons. The minimum atomic E-state index is -1.83. The van der Waals surface area contributed by atoms with E-state index in [2.05, 4.69) is 6.08 Å². The molecule has 0 aromatic heterocycles. The fraction of sp³-hybridized carbons (Fsp3) is 0.788. The molecule has 10 atom stereocenters. The van der Waals surface area contributed by atoms with Crippen LogP contribution in [0.25, 0.3) is 0 Å². The topological polar surface area (TPSA) is 127 Å². The first kappa shape index (κ1) is 30.7. The molecule has 0 aromatic rings. The highest BCUT2D eigenvalue weighted by molar-refractivity contribution is 5.92. The summed E-state index contributed by atoms with van der Waals surface area (Å²) in [7, 11) is 2.60. The van der Waals surface area contributed by atoms with Crippen molar-refractivity contribution in [2.24, 2.45) is 40.9 Å². The molecule has 7 aliphatic rings. The first-order chi connectivity index (χ1) is 20.7. The molecular formula is C33H46O10. The lowest BCUT2D eigenvalue weighted by Gasteiger charge is -2.70. The molecule has 10 heteroatoms. The van der Waals surface area contributed by atoms with Gasteiger partial charge >= 0.3 is 17.9 Å². The van der Waals surface area contributed by atoms with Gasteiger partial charge in [-0.25, -0.2) is 0 Å². The number of hydrogen-bond donors (Lipinski definition) is 1. The monoisotopic (exact) mass is 602 g/mol. The Morgan fingerprint density at radius 3 is 2.42 bits per heavy atom. The average molecular weight is 603 g/mol. The Kier molecular flexibility index (Phi) is 8.06. The van der Waals surface area contributed by atoms with Crippen LogP contribution in [0, 0.1) is 40.9 Å². The molecule has 1 N–H and O–H groups in total. The third kappa shape index (κ3) is 4.01. The van der Waals surface area contributed by atoms with E-state index in [4.69, 9.17) is 28.4 Å². The van der Waals surface area contributed by atoms with E-state index in [0.717, 1.165) is 32.1 Å². The van der Waals surface area contributed by atoms with E-state index < -0.39 is 70.3 Å². The summed E-state index contributed by atoms with van der Waals surface area (Å²) in [6.45, 7) is 4.77. The minimum Gasteiger partial charge on any atom is -0.469 e. The second kappa shape index (κ2) is 11.3. The Morgan fingerprint density at radius 2 is 1.74 bits per heavy atom. The zero-order valence-corrected chi connectivity index (χ0v) is 25.8. The van der Waals surface area contributed by atoms with Crippen LogP contribution in [-0.2, 0) is 42.8 Å². The first-order valence-corrected chi connectivity index (χ1v) is 16.0. The van der Waals surface area contributed by atoms with Crippen LogP contribution in [0.5, 0.6) is 0 Å². The number of rotatable bonds is 12. The lowest BCUT2D eigenvalue weighted by atomic mass is 9.38. The Balaban J connectivity index is 1.47. The molecule has 10 nitrogen and oxygen atoms in total. The number of unbranched alkanes of at least 4 members (excludes halogenated alkanes) is 3. The van der Waals surface area contributed by atoms with Crippen molar-refractivity contribution >= 4 is 17.9 Å². The van der Waals surface area contributed by atoms with Crippen molar-refractivity contribution in [1.29, 1.82) is 0 Å². The number of carbonyl (C=O) groups excluding carboxylic acids is 3. The van der Waals surface area contributed by atoms with Crippen molar-refractivity contribution in [3.63, 3.8) is 0 Å². The van der Waals surface area contributed by atoms with E-state index in [-0.39, 0.29) is 18.3 Å². The van der Waals surface area contributed by atoms with Crippen LogP contribution in [0.2, 0.25) is 0 Å². The lowest BCUT2D eigenvalue weighted by molar-refractivity contribution is -0.441. The molecule has 0 aromatic carbocycles. The predicted molar refractivity (Wildman–Crippen MR) is 152 cm³/mol. The van der Waals surface area contributed by atoms with E-state index in [0.29, 0.717) is 32.5 Å². The zero-order chi connectivity index (χ0) is 30.6. The van der Waals surface area contributed by atoms with Crippen LogP contribution in [0.3, 0.4) is 0 Å². The summed E-state index contributed by atoms with van der Waals surface area (Å²) in [5.41, 5.74) is -3.23. The van der Waals surface area contributed by atoms with E-state index in [1.807, 2.05) is 32.1 Å². The Hall–Kier alpha value is -2.27. The van der Waals surface area contributed by atoms with Gasteiger partial charge in [0.15, 0.2) is 5.79 Å². The van der Waals surface area contributed by atoms with Gasteiger partial charge in [-0.05, 0) is 64.2 Å². The molecule has 238 valence electrons. The van der Waals surface area contributed by atoms with Crippen molar-refractivity contribution in [2.45, 2.75) is 94.9 Å². The van der Waals surface area contributed by atoms with Crippen molar-refractivity contribution < 1.29 is 47.9 Å². The van der Waals surface area contributed by atoms with Gasteiger partial charge in [0.05, 0.1) is 44.7 Å². The molecule has 1 spiro atoms. The van der Waals surface area contributed by atoms with Crippen LogP contribution in [0.1, 0.15) is 71.6 Å². The molecule has 4 saturated carbocycles. The maximum absolute atomic E-state index is 13.9. The molecule has 3 saturated heterocycles. The van der Waals surface area contributed by atoms with Gasteiger partial charge in [0.25, 0.3) is 0 Å². The number of methoxy groups -OCH3 is 2. The zero-order valence-electron chi connectivity index (χ0n) is 25.8. The van der Waals surface area contributed by atoms with Gasteiger partial charge in [0, 0.05) is 18.3 Å². The van der Waals surface area contributed by atoms with Crippen LogP contribution < -0.4 is 0 Å². The highest BCUT2D eigenvalue weighted by Crippen LogP contribution is 2.81. The third-order valence-electron chi connectivity index (χ3n) is 11.6. The van der Waals surface area contributed by atoms with Crippen molar-refractivity contribution in [3.05, 3.63) is 24.3 Å². The van der Waals surface area contributed by atoms with Gasteiger partial charge < -0.3 is 33.5 Å². The van der Waals surface area contributed by atoms with Gasteiger partial charge in [-0.1, -0.05) is 37.1 Å². The summed E-state index contributed by atoms with van der Waals surface area (Å²) in [5.74, 6) is -8.64. The molecule has 3 heterocycles. The van der Waals surface area contributed by atoms with Crippen LogP contribution in [0.15, 0.2) is 24.3 Å². The normalized spacial score (nSPS) is 43.5. The summed E-state index contributed by atoms with van der Waals surface area (Å²) in [6, 6.07) is 0. The summed E-state index contributed by atoms with van der Waals surface area (Å²) in [4.78, 5) is 41.3. The second-order valence-corrected chi connectivity index (χ2v) is 13.2. The summed E-state index contributed by atoms with van der Waals surface area (Å²) in [5, 5.41) is 12.9. The number of carbonyl (C=O) groups is 3. The molecule has 6 bridgehead atoms. The molecule has 3 aliphatic heterocycles. The molecule has 4 aliphatic carbocycles. The summed E-state index contributed by atoms with van der Waals surface area (Å²) in [6.07, 6.45) is 13.8. The molecule has 7 fully saturated rings. The second-order valence-electron chi connectivity index (χ2n) is 13.2. The van der Waals surface area contributed by atoms with E-state index in [1.54, 1.807) is 0 Å². The molecule has 0 unspecified atom stereocenters. The quantitative estimate of drug-likeness (QED) is 0.152. The van der Waals surface area contributed by atoms with Crippen LogP contribution in [-0.4, -0.2) is 73.7 Å². The summed E-state index contributed by atoms with van der Waals surface area (Å²) < 4.78 is 36.3. The Labute approximate surface area is 253 Å². The third-order valence-corrected chi connectivity index (χ3v) is 11.6. The highest BCUT2D eigenvalue weighted by atomic mass is 16.8. The molecular weight excluding hydrogens is 556 g/mol.